The number of rotatable bonds is 3. The number of likely N-dealkylation sites (tertiary alicyclic amines) is 1. The molecule has 0 spiro atoms. The summed E-state index contributed by atoms with van der Waals surface area (Å²) in [6, 6.07) is 10.1. The van der Waals surface area contributed by atoms with Crippen molar-refractivity contribution in [2.75, 3.05) is 26.7 Å². The molecule has 3 aliphatic heterocycles. The van der Waals surface area contributed by atoms with E-state index in [2.05, 4.69) is 15.2 Å². The van der Waals surface area contributed by atoms with Gasteiger partial charge in [-0.05, 0) is 29.8 Å². The third-order valence-corrected chi connectivity index (χ3v) is 6.52. The lowest BCUT2D eigenvalue weighted by Gasteiger charge is -2.35. The van der Waals surface area contributed by atoms with Crippen molar-refractivity contribution in [3.63, 3.8) is 0 Å². The first kappa shape index (κ1) is 19.1. The van der Waals surface area contributed by atoms with Gasteiger partial charge in [0.25, 0.3) is 0 Å². The number of halogens is 1. The van der Waals surface area contributed by atoms with Crippen molar-refractivity contribution in [1.82, 2.24) is 20.1 Å². The molecule has 6 nitrogen and oxygen atoms in total. The maximum absolute atomic E-state index is 13.5. The third-order valence-electron chi connectivity index (χ3n) is 6.52. The SMILES string of the molecule is CN1C(=O)C2C(C1=O)C1CNCCN1C2C=Cc1ccc(-c2cccc(F)c2)cn1. The molecule has 3 fully saturated rings. The van der Waals surface area contributed by atoms with Gasteiger partial charge in [-0.2, -0.15) is 0 Å². The van der Waals surface area contributed by atoms with Crippen LogP contribution in [0, 0.1) is 17.7 Å². The second-order valence-electron chi connectivity index (χ2n) is 8.13. The van der Waals surface area contributed by atoms with E-state index in [0.29, 0.717) is 0 Å². The highest BCUT2D eigenvalue weighted by molar-refractivity contribution is 6.06. The number of pyridine rings is 1. The molecule has 1 aromatic carbocycles. The second-order valence-corrected chi connectivity index (χ2v) is 8.13. The van der Waals surface area contributed by atoms with Crippen molar-refractivity contribution in [1.29, 1.82) is 0 Å². The maximum atomic E-state index is 13.5. The number of imide groups is 1. The smallest absolute Gasteiger partial charge is 0.234 e. The Morgan fingerprint density at radius 3 is 2.73 bits per heavy atom. The summed E-state index contributed by atoms with van der Waals surface area (Å²) >= 11 is 0. The molecule has 3 saturated heterocycles. The molecule has 3 aliphatic rings. The van der Waals surface area contributed by atoms with Crippen LogP contribution in [0.25, 0.3) is 17.2 Å². The fourth-order valence-corrected chi connectivity index (χ4v) is 5.05. The summed E-state index contributed by atoms with van der Waals surface area (Å²) in [7, 11) is 1.58. The average Bonchev–Trinajstić information content (AvgIpc) is 3.21. The van der Waals surface area contributed by atoms with Gasteiger partial charge in [-0.3, -0.25) is 24.4 Å². The Morgan fingerprint density at radius 1 is 1.13 bits per heavy atom. The van der Waals surface area contributed by atoms with Crippen LogP contribution in [0.5, 0.6) is 0 Å². The number of nitrogens with zero attached hydrogens (tertiary/aromatic N) is 3. The molecule has 1 aromatic heterocycles. The van der Waals surface area contributed by atoms with Crippen molar-refractivity contribution in [3.05, 3.63) is 60.2 Å². The molecule has 0 bridgehead atoms. The number of carbonyl (C=O) groups is 2. The Kier molecular flexibility index (Phi) is 4.72. The van der Waals surface area contributed by atoms with Crippen LogP contribution in [0.4, 0.5) is 4.39 Å². The van der Waals surface area contributed by atoms with Crippen molar-refractivity contribution in [2.45, 2.75) is 12.1 Å². The molecule has 0 radical (unpaired) electrons. The monoisotopic (exact) mass is 406 g/mol. The maximum Gasteiger partial charge on any atom is 0.234 e. The Bertz CT molecular complexity index is 1020. The first-order chi connectivity index (χ1) is 14.5. The van der Waals surface area contributed by atoms with Crippen LogP contribution in [-0.2, 0) is 9.59 Å². The number of carbonyl (C=O) groups excluding carboxylic acids is 2. The molecular weight excluding hydrogens is 383 g/mol. The highest BCUT2D eigenvalue weighted by Crippen LogP contribution is 2.43. The summed E-state index contributed by atoms with van der Waals surface area (Å²) in [5, 5.41) is 3.35. The lowest BCUT2D eigenvalue weighted by molar-refractivity contribution is -0.139. The zero-order valence-electron chi connectivity index (χ0n) is 16.7. The van der Waals surface area contributed by atoms with E-state index in [1.165, 1.54) is 17.0 Å². The fraction of sp³-hybridized carbons (Fsp3) is 0.348. The summed E-state index contributed by atoms with van der Waals surface area (Å²) in [6.07, 6.45) is 5.65. The average molecular weight is 406 g/mol. The Balaban J connectivity index is 1.40. The number of fused-ring (bicyclic) bond motifs is 3. The third kappa shape index (κ3) is 3.05. The topological polar surface area (TPSA) is 65.5 Å². The predicted octanol–water partition coefficient (Wildman–Crippen LogP) is 1.79. The summed E-state index contributed by atoms with van der Waals surface area (Å²) in [5.74, 6) is -1.07. The molecular formula is C23H23FN4O2. The molecule has 4 unspecified atom stereocenters. The Hall–Kier alpha value is -2.90. The lowest BCUT2D eigenvalue weighted by Crippen LogP contribution is -2.54. The van der Waals surface area contributed by atoms with Gasteiger partial charge in [0.2, 0.25) is 11.8 Å². The van der Waals surface area contributed by atoms with Crippen LogP contribution in [0.1, 0.15) is 5.69 Å². The Labute approximate surface area is 174 Å². The first-order valence-electron chi connectivity index (χ1n) is 10.2. The van der Waals surface area contributed by atoms with E-state index in [1.807, 2.05) is 30.4 Å². The minimum atomic E-state index is -0.338. The second kappa shape index (κ2) is 7.41. The number of aromatic nitrogens is 1. The van der Waals surface area contributed by atoms with E-state index < -0.39 is 0 Å². The van der Waals surface area contributed by atoms with Gasteiger partial charge in [-0.15, -0.1) is 0 Å². The number of hydrogen-bond donors (Lipinski definition) is 1. The van der Waals surface area contributed by atoms with Crippen LogP contribution in [0.3, 0.4) is 0 Å². The van der Waals surface area contributed by atoms with E-state index in [1.54, 1.807) is 19.3 Å². The highest BCUT2D eigenvalue weighted by Gasteiger charge is 2.60. The van der Waals surface area contributed by atoms with Gasteiger partial charge in [0.15, 0.2) is 0 Å². The molecule has 2 aromatic rings. The van der Waals surface area contributed by atoms with E-state index in [0.717, 1.165) is 36.5 Å². The fourth-order valence-electron chi connectivity index (χ4n) is 5.05. The minimum absolute atomic E-state index is 0.0445. The highest BCUT2D eigenvalue weighted by atomic mass is 19.1. The van der Waals surface area contributed by atoms with Gasteiger partial charge in [-0.1, -0.05) is 24.3 Å². The molecule has 4 heterocycles. The van der Waals surface area contributed by atoms with Gasteiger partial charge in [0, 0.05) is 50.5 Å². The van der Waals surface area contributed by atoms with E-state index in [4.69, 9.17) is 0 Å². The van der Waals surface area contributed by atoms with Crippen molar-refractivity contribution in [2.24, 2.45) is 11.8 Å². The quantitative estimate of drug-likeness (QED) is 0.788. The Morgan fingerprint density at radius 2 is 1.97 bits per heavy atom. The molecule has 1 N–H and O–H groups in total. The van der Waals surface area contributed by atoms with Crippen molar-refractivity contribution >= 4 is 17.9 Å². The molecule has 5 rings (SSSR count). The van der Waals surface area contributed by atoms with E-state index in [-0.39, 0.29) is 41.6 Å². The summed E-state index contributed by atoms with van der Waals surface area (Å²) in [6.45, 7) is 2.38. The summed E-state index contributed by atoms with van der Waals surface area (Å²) in [5.41, 5.74) is 2.38. The minimum Gasteiger partial charge on any atom is -0.314 e. The standard InChI is InChI=1S/C23H23FN4O2/c1-27-22(29)20-18(28-10-9-25-13-19(28)21(20)23(27)30)8-7-17-6-5-15(12-26-17)14-3-2-4-16(24)11-14/h2-8,11-12,18-21,25H,9-10,13H2,1H3. The van der Waals surface area contributed by atoms with Crippen LogP contribution < -0.4 is 5.32 Å². The van der Waals surface area contributed by atoms with Gasteiger partial charge in [0.05, 0.1) is 17.5 Å². The molecule has 4 atom stereocenters. The number of piperazine rings is 1. The van der Waals surface area contributed by atoms with Crippen LogP contribution in [-0.4, -0.2) is 65.4 Å². The predicted molar refractivity (Wildman–Crippen MR) is 111 cm³/mol. The molecule has 154 valence electrons. The molecule has 30 heavy (non-hydrogen) atoms. The number of benzene rings is 1. The normalized spacial score (nSPS) is 28.9. The number of amides is 2. The zero-order valence-corrected chi connectivity index (χ0v) is 16.7. The summed E-state index contributed by atoms with van der Waals surface area (Å²) < 4.78 is 13.5. The first-order valence-corrected chi connectivity index (χ1v) is 10.2. The van der Waals surface area contributed by atoms with E-state index in [9.17, 15) is 14.0 Å². The largest absolute Gasteiger partial charge is 0.314 e. The van der Waals surface area contributed by atoms with Gasteiger partial charge < -0.3 is 5.32 Å². The van der Waals surface area contributed by atoms with Gasteiger partial charge >= 0.3 is 0 Å². The summed E-state index contributed by atoms with van der Waals surface area (Å²) in [4.78, 5) is 33.5. The number of hydrogen-bond acceptors (Lipinski definition) is 5. The lowest BCUT2D eigenvalue weighted by atomic mass is 9.89. The zero-order chi connectivity index (χ0) is 20.8. The molecule has 7 heteroatoms. The van der Waals surface area contributed by atoms with Gasteiger partial charge in [0.1, 0.15) is 5.82 Å². The van der Waals surface area contributed by atoms with Crippen LogP contribution >= 0.6 is 0 Å². The van der Waals surface area contributed by atoms with Crippen molar-refractivity contribution in [3.8, 4) is 11.1 Å². The van der Waals surface area contributed by atoms with Crippen LogP contribution in [0.15, 0.2) is 48.7 Å². The number of nitrogens with one attached hydrogen (secondary N) is 1. The molecule has 0 saturated carbocycles. The van der Waals surface area contributed by atoms with Crippen molar-refractivity contribution < 1.29 is 14.0 Å². The van der Waals surface area contributed by atoms with E-state index >= 15 is 0 Å². The van der Waals surface area contributed by atoms with Crippen LogP contribution in [0.2, 0.25) is 0 Å². The molecule has 0 aliphatic carbocycles. The molecule has 2 amide bonds. The van der Waals surface area contributed by atoms with Gasteiger partial charge in [-0.25, -0.2) is 4.39 Å².